The summed E-state index contributed by atoms with van der Waals surface area (Å²) in [4.78, 5) is 24.5. The summed E-state index contributed by atoms with van der Waals surface area (Å²) >= 11 is 0. The maximum atomic E-state index is 13.4. The lowest BCUT2D eigenvalue weighted by Crippen LogP contribution is -2.25. The molecule has 0 aliphatic carbocycles. The molecular formula is C26H24N8O3. The van der Waals surface area contributed by atoms with Gasteiger partial charge in [0.1, 0.15) is 11.5 Å². The van der Waals surface area contributed by atoms with E-state index in [9.17, 15) is 14.9 Å². The van der Waals surface area contributed by atoms with Gasteiger partial charge in [0.25, 0.3) is 5.69 Å². The number of tetrazole rings is 1. The average Bonchev–Trinajstić information content (AvgIpc) is 3.57. The zero-order valence-corrected chi connectivity index (χ0v) is 20.1. The van der Waals surface area contributed by atoms with Crippen LogP contribution in [0, 0.1) is 10.1 Å². The molecule has 2 aromatic heterocycles. The highest BCUT2D eigenvalue weighted by Gasteiger charge is 2.21. The van der Waals surface area contributed by atoms with Gasteiger partial charge in [0, 0.05) is 18.1 Å². The lowest BCUT2D eigenvalue weighted by Gasteiger charge is -2.09. The molecule has 0 atom stereocenters. The monoisotopic (exact) mass is 496 g/mol. The number of aryl methyl sites for hydroxylation is 1. The Balaban J connectivity index is 1.49. The Morgan fingerprint density at radius 1 is 0.973 bits per heavy atom. The standard InChI is InChI=1S/C26H24N8O3/c1-2-3-12-24-29-33(22-10-6-7-11-23(22)34(36)37)26(35)32(24)17-18-13-15-19(16-14-18)20-8-4-5-9-21(20)25-27-30-31-28-25/h4-11,13-16H,2-3,12,17H2,1H3,(H,27,28,30,31). The van der Waals surface area contributed by atoms with Gasteiger partial charge in [-0.2, -0.15) is 9.90 Å². The van der Waals surface area contributed by atoms with E-state index in [1.807, 2.05) is 48.5 Å². The molecule has 0 fully saturated rings. The van der Waals surface area contributed by atoms with Gasteiger partial charge in [0.15, 0.2) is 0 Å². The third-order valence-corrected chi connectivity index (χ3v) is 6.12. The molecule has 0 saturated heterocycles. The summed E-state index contributed by atoms with van der Waals surface area (Å²) in [5.74, 6) is 1.10. The fourth-order valence-corrected chi connectivity index (χ4v) is 4.25. The van der Waals surface area contributed by atoms with E-state index in [1.165, 1.54) is 12.1 Å². The van der Waals surface area contributed by atoms with Gasteiger partial charge in [-0.05, 0) is 34.4 Å². The molecule has 11 nitrogen and oxygen atoms in total. The Morgan fingerprint density at radius 3 is 2.41 bits per heavy atom. The summed E-state index contributed by atoms with van der Waals surface area (Å²) in [6.45, 7) is 2.36. The molecule has 3 aromatic carbocycles. The van der Waals surface area contributed by atoms with Crippen molar-refractivity contribution in [1.82, 2.24) is 35.0 Å². The summed E-state index contributed by atoms with van der Waals surface area (Å²) in [5.41, 5.74) is 3.27. The van der Waals surface area contributed by atoms with Gasteiger partial charge in [0.05, 0.1) is 11.5 Å². The van der Waals surface area contributed by atoms with Crippen molar-refractivity contribution in [3.63, 3.8) is 0 Å². The number of nitro groups is 1. The van der Waals surface area contributed by atoms with E-state index in [-0.39, 0.29) is 11.4 Å². The molecule has 0 spiro atoms. The van der Waals surface area contributed by atoms with Gasteiger partial charge in [-0.1, -0.05) is 74.0 Å². The van der Waals surface area contributed by atoms with Crippen LogP contribution in [0.3, 0.4) is 0 Å². The normalized spacial score (nSPS) is 11.1. The van der Waals surface area contributed by atoms with E-state index < -0.39 is 10.6 Å². The number of nitrogens with zero attached hydrogens (tertiary/aromatic N) is 7. The number of aromatic nitrogens is 7. The van der Waals surface area contributed by atoms with Crippen LogP contribution in [0.2, 0.25) is 0 Å². The van der Waals surface area contributed by atoms with Crippen molar-refractivity contribution in [3.8, 4) is 28.2 Å². The topological polar surface area (TPSA) is 137 Å². The smallest absolute Gasteiger partial charge is 0.274 e. The number of benzene rings is 3. The number of hydrogen-bond donors (Lipinski definition) is 1. The van der Waals surface area contributed by atoms with Gasteiger partial charge in [-0.15, -0.1) is 15.3 Å². The van der Waals surface area contributed by atoms with E-state index in [0.29, 0.717) is 24.6 Å². The minimum atomic E-state index is -0.502. The average molecular weight is 497 g/mol. The lowest BCUT2D eigenvalue weighted by atomic mass is 9.98. The van der Waals surface area contributed by atoms with Crippen LogP contribution in [0.25, 0.3) is 28.2 Å². The van der Waals surface area contributed by atoms with Crippen LogP contribution < -0.4 is 5.69 Å². The van der Waals surface area contributed by atoms with Gasteiger partial charge in [-0.3, -0.25) is 14.7 Å². The Bertz CT molecular complexity index is 1590. The Morgan fingerprint density at radius 2 is 1.70 bits per heavy atom. The largest absolute Gasteiger partial charge is 0.351 e. The molecule has 0 unspecified atom stereocenters. The highest BCUT2D eigenvalue weighted by atomic mass is 16.6. The zero-order valence-electron chi connectivity index (χ0n) is 20.1. The van der Waals surface area contributed by atoms with Crippen LogP contribution in [0.1, 0.15) is 31.2 Å². The molecule has 2 heterocycles. The summed E-state index contributed by atoms with van der Waals surface area (Å²) in [5, 5.41) is 30.4. The van der Waals surface area contributed by atoms with Crippen LogP contribution in [0.4, 0.5) is 5.69 Å². The summed E-state index contributed by atoms with van der Waals surface area (Å²) in [7, 11) is 0. The second-order valence-electron chi connectivity index (χ2n) is 8.52. The molecule has 186 valence electrons. The Labute approximate surface area is 211 Å². The van der Waals surface area contributed by atoms with Crippen molar-refractivity contribution in [1.29, 1.82) is 0 Å². The molecule has 0 aliphatic heterocycles. The van der Waals surface area contributed by atoms with E-state index in [1.54, 1.807) is 16.7 Å². The first-order chi connectivity index (χ1) is 18.1. The van der Waals surface area contributed by atoms with E-state index >= 15 is 0 Å². The second-order valence-corrected chi connectivity index (χ2v) is 8.52. The number of nitrogens with one attached hydrogen (secondary N) is 1. The predicted molar refractivity (Wildman–Crippen MR) is 137 cm³/mol. The molecule has 37 heavy (non-hydrogen) atoms. The van der Waals surface area contributed by atoms with Crippen LogP contribution in [0.5, 0.6) is 0 Å². The molecule has 0 amide bonds. The maximum absolute atomic E-state index is 13.4. The minimum Gasteiger partial charge on any atom is -0.274 e. The summed E-state index contributed by atoms with van der Waals surface area (Å²) in [6.07, 6.45) is 2.37. The minimum absolute atomic E-state index is 0.155. The third kappa shape index (κ3) is 4.79. The first-order valence-electron chi connectivity index (χ1n) is 11.9. The molecule has 5 rings (SSSR count). The van der Waals surface area contributed by atoms with Crippen LogP contribution >= 0.6 is 0 Å². The van der Waals surface area contributed by atoms with Gasteiger partial charge in [0.2, 0.25) is 5.82 Å². The predicted octanol–water partition coefficient (Wildman–Crippen LogP) is 4.18. The molecule has 0 radical (unpaired) electrons. The van der Waals surface area contributed by atoms with Crippen molar-refractivity contribution in [3.05, 3.63) is 105 Å². The highest BCUT2D eigenvalue weighted by Crippen LogP contribution is 2.30. The fraction of sp³-hybridized carbons (Fsp3) is 0.192. The highest BCUT2D eigenvalue weighted by molar-refractivity contribution is 5.80. The molecular weight excluding hydrogens is 472 g/mol. The number of rotatable bonds is 9. The van der Waals surface area contributed by atoms with E-state index in [2.05, 4.69) is 32.6 Å². The fourth-order valence-electron chi connectivity index (χ4n) is 4.25. The van der Waals surface area contributed by atoms with Gasteiger partial charge >= 0.3 is 5.69 Å². The van der Waals surface area contributed by atoms with Crippen molar-refractivity contribution in [2.24, 2.45) is 0 Å². The van der Waals surface area contributed by atoms with Crippen LogP contribution in [0.15, 0.2) is 77.6 Å². The molecule has 11 heteroatoms. The van der Waals surface area contributed by atoms with Gasteiger partial charge < -0.3 is 0 Å². The molecule has 1 N–H and O–H groups in total. The molecule has 0 aliphatic rings. The van der Waals surface area contributed by atoms with Crippen LogP contribution in [-0.2, 0) is 13.0 Å². The number of aromatic amines is 1. The zero-order chi connectivity index (χ0) is 25.8. The summed E-state index contributed by atoms with van der Waals surface area (Å²) in [6, 6.07) is 21.8. The molecule has 0 bridgehead atoms. The first kappa shape index (κ1) is 23.8. The number of nitro benzene ring substituents is 1. The maximum Gasteiger partial charge on any atom is 0.351 e. The van der Waals surface area contributed by atoms with Crippen molar-refractivity contribution < 1.29 is 4.92 Å². The Kier molecular flexibility index (Phi) is 6.66. The van der Waals surface area contributed by atoms with Crippen molar-refractivity contribution >= 4 is 5.69 Å². The Hall–Kier alpha value is -4.93. The van der Waals surface area contributed by atoms with E-state index in [0.717, 1.165) is 39.8 Å². The lowest BCUT2D eigenvalue weighted by molar-refractivity contribution is -0.384. The molecule has 5 aromatic rings. The first-order valence-corrected chi connectivity index (χ1v) is 11.9. The van der Waals surface area contributed by atoms with Crippen LogP contribution in [-0.4, -0.2) is 39.9 Å². The number of unbranched alkanes of at least 4 members (excludes halogenated alkanes) is 1. The second kappa shape index (κ2) is 10.4. The van der Waals surface area contributed by atoms with E-state index in [4.69, 9.17) is 0 Å². The quantitative estimate of drug-likeness (QED) is 0.239. The summed E-state index contributed by atoms with van der Waals surface area (Å²) < 4.78 is 2.73. The molecule has 0 saturated carbocycles. The SMILES string of the molecule is CCCCc1nn(-c2ccccc2[N+](=O)[O-])c(=O)n1Cc1ccc(-c2ccccc2-c2nn[nH]n2)cc1. The third-order valence-electron chi connectivity index (χ3n) is 6.12. The number of para-hydroxylation sites is 2. The number of H-pyrrole nitrogens is 1. The van der Waals surface area contributed by atoms with Crippen molar-refractivity contribution in [2.45, 2.75) is 32.7 Å². The number of hydrogen-bond acceptors (Lipinski definition) is 7. The van der Waals surface area contributed by atoms with Crippen molar-refractivity contribution in [2.75, 3.05) is 0 Å². The van der Waals surface area contributed by atoms with Gasteiger partial charge in [-0.25, -0.2) is 4.79 Å².